The van der Waals surface area contributed by atoms with Gasteiger partial charge < -0.3 is 15.4 Å². The molecule has 2 N–H and O–H groups in total. The SMILES string of the molecule is O=CC1C(=O)Nc2cc(C(=O)c3cccc(NC(=O)c4ccnn4-c4ccccc4)c3)ccc21. The van der Waals surface area contributed by atoms with Gasteiger partial charge in [0.1, 0.15) is 17.9 Å². The molecule has 8 heteroatoms. The molecular formula is C26H18N4O4. The van der Waals surface area contributed by atoms with E-state index in [-0.39, 0.29) is 11.7 Å². The van der Waals surface area contributed by atoms with E-state index in [2.05, 4.69) is 15.7 Å². The van der Waals surface area contributed by atoms with Crippen LogP contribution in [0.3, 0.4) is 0 Å². The summed E-state index contributed by atoms with van der Waals surface area (Å²) in [7, 11) is 0. The number of nitrogens with zero attached hydrogens (tertiary/aromatic N) is 2. The van der Waals surface area contributed by atoms with E-state index >= 15 is 0 Å². The quantitative estimate of drug-likeness (QED) is 0.265. The Morgan fingerprint density at radius 3 is 2.53 bits per heavy atom. The third kappa shape index (κ3) is 3.77. The third-order valence-electron chi connectivity index (χ3n) is 5.59. The van der Waals surface area contributed by atoms with Crippen LogP contribution in [0.4, 0.5) is 11.4 Å². The van der Waals surface area contributed by atoms with Crippen molar-refractivity contribution in [2.45, 2.75) is 5.92 Å². The van der Waals surface area contributed by atoms with Gasteiger partial charge in [-0.3, -0.25) is 14.4 Å². The molecule has 1 atom stereocenters. The molecule has 1 aliphatic heterocycles. The van der Waals surface area contributed by atoms with Crippen LogP contribution in [-0.2, 0) is 9.59 Å². The molecule has 34 heavy (non-hydrogen) atoms. The van der Waals surface area contributed by atoms with Gasteiger partial charge in [0.25, 0.3) is 5.91 Å². The van der Waals surface area contributed by atoms with Crippen LogP contribution in [0.25, 0.3) is 5.69 Å². The summed E-state index contributed by atoms with van der Waals surface area (Å²) in [5.41, 5.74) is 3.28. The van der Waals surface area contributed by atoms with Crippen LogP contribution in [0.15, 0.2) is 85.1 Å². The van der Waals surface area contributed by atoms with E-state index in [0.717, 1.165) is 5.69 Å². The number of ketones is 1. The first kappa shape index (κ1) is 21.0. The molecule has 2 amide bonds. The van der Waals surface area contributed by atoms with Crippen LogP contribution in [0, 0.1) is 0 Å². The lowest BCUT2D eigenvalue weighted by Gasteiger charge is -2.10. The maximum absolute atomic E-state index is 13.1. The summed E-state index contributed by atoms with van der Waals surface area (Å²) < 4.78 is 1.54. The molecule has 0 bridgehead atoms. The van der Waals surface area contributed by atoms with Gasteiger partial charge in [-0.05, 0) is 42.0 Å². The van der Waals surface area contributed by atoms with Gasteiger partial charge in [-0.1, -0.05) is 42.5 Å². The number of rotatable bonds is 6. The maximum atomic E-state index is 13.1. The molecule has 1 aliphatic rings. The smallest absolute Gasteiger partial charge is 0.274 e. The predicted octanol–water partition coefficient (Wildman–Crippen LogP) is 3.59. The first-order chi connectivity index (χ1) is 16.5. The van der Waals surface area contributed by atoms with Gasteiger partial charge in [0.15, 0.2) is 5.78 Å². The predicted molar refractivity (Wildman–Crippen MR) is 125 cm³/mol. The fourth-order valence-corrected chi connectivity index (χ4v) is 3.91. The number of nitrogens with one attached hydrogen (secondary N) is 2. The van der Waals surface area contributed by atoms with Crippen molar-refractivity contribution in [3.8, 4) is 5.69 Å². The summed E-state index contributed by atoms with van der Waals surface area (Å²) in [6, 6.07) is 22.3. The van der Waals surface area contributed by atoms with Crippen molar-refractivity contribution in [2.24, 2.45) is 0 Å². The van der Waals surface area contributed by atoms with E-state index in [1.54, 1.807) is 54.7 Å². The van der Waals surface area contributed by atoms with Crippen molar-refractivity contribution in [2.75, 3.05) is 10.6 Å². The average Bonchev–Trinajstić information content (AvgIpc) is 3.47. The number of anilines is 2. The molecule has 3 aromatic carbocycles. The molecule has 4 aromatic rings. The second-order valence-corrected chi connectivity index (χ2v) is 7.73. The van der Waals surface area contributed by atoms with Crippen molar-refractivity contribution in [3.05, 3.63) is 107 Å². The van der Waals surface area contributed by atoms with Gasteiger partial charge in [0.05, 0.1) is 11.9 Å². The third-order valence-corrected chi connectivity index (χ3v) is 5.59. The number of hydrogen-bond donors (Lipinski definition) is 2. The second kappa shape index (κ2) is 8.59. The second-order valence-electron chi connectivity index (χ2n) is 7.73. The highest BCUT2D eigenvalue weighted by Gasteiger charge is 2.30. The van der Waals surface area contributed by atoms with E-state index in [1.807, 2.05) is 30.3 Å². The lowest BCUT2D eigenvalue weighted by molar-refractivity contribution is -0.121. The summed E-state index contributed by atoms with van der Waals surface area (Å²) >= 11 is 0. The normalized spacial score (nSPS) is 14.2. The first-order valence-corrected chi connectivity index (χ1v) is 10.5. The van der Waals surface area contributed by atoms with Crippen LogP contribution < -0.4 is 10.6 Å². The summed E-state index contributed by atoms with van der Waals surface area (Å²) in [6.07, 6.45) is 2.13. The Morgan fingerprint density at radius 2 is 1.74 bits per heavy atom. The minimum Gasteiger partial charge on any atom is -0.325 e. The van der Waals surface area contributed by atoms with E-state index < -0.39 is 11.8 Å². The van der Waals surface area contributed by atoms with Crippen LogP contribution in [0.2, 0.25) is 0 Å². The van der Waals surface area contributed by atoms with Crippen LogP contribution in [-0.4, -0.2) is 33.7 Å². The van der Waals surface area contributed by atoms with Gasteiger partial charge in [-0.2, -0.15) is 5.10 Å². The van der Waals surface area contributed by atoms with Crippen molar-refractivity contribution in [3.63, 3.8) is 0 Å². The zero-order chi connectivity index (χ0) is 23.7. The monoisotopic (exact) mass is 450 g/mol. The molecule has 5 rings (SSSR count). The topological polar surface area (TPSA) is 110 Å². The van der Waals surface area contributed by atoms with Gasteiger partial charge in [-0.25, -0.2) is 4.68 Å². The van der Waals surface area contributed by atoms with Gasteiger partial charge in [-0.15, -0.1) is 0 Å². The van der Waals surface area contributed by atoms with Crippen molar-refractivity contribution < 1.29 is 19.2 Å². The minimum atomic E-state index is -0.859. The highest BCUT2D eigenvalue weighted by Crippen LogP contribution is 2.32. The minimum absolute atomic E-state index is 0.281. The Balaban J connectivity index is 1.37. The van der Waals surface area contributed by atoms with E-state index in [1.165, 1.54) is 4.68 Å². The molecule has 0 radical (unpaired) electrons. The number of fused-ring (bicyclic) bond motifs is 1. The zero-order valence-corrected chi connectivity index (χ0v) is 17.8. The molecule has 2 heterocycles. The Bertz CT molecular complexity index is 1440. The zero-order valence-electron chi connectivity index (χ0n) is 17.8. The van der Waals surface area contributed by atoms with Crippen LogP contribution in [0.1, 0.15) is 37.9 Å². The molecule has 0 spiro atoms. The first-order valence-electron chi connectivity index (χ1n) is 10.5. The number of hydrogen-bond acceptors (Lipinski definition) is 5. The number of amides is 2. The standard InChI is InChI=1S/C26H18N4O4/c31-15-21-20-10-9-17(14-22(20)29-25(21)33)24(32)16-5-4-6-18(13-16)28-26(34)23-11-12-27-30(23)19-7-2-1-3-8-19/h1-15,21H,(H,28,34)(H,29,33). The molecule has 1 unspecified atom stereocenters. The summed E-state index contributed by atoms with van der Waals surface area (Å²) in [5.74, 6) is -1.92. The van der Waals surface area contributed by atoms with Gasteiger partial charge >= 0.3 is 0 Å². The number of aromatic nitrogens is 2. The molecule has 8 nitrogen and oxygen atoms in total. The maximum Gasteiger partial charge on any atom is 0.274 e. The number of aldehydes is 1. The molecule has 0 fully saturated rings. The Labute approximate surface area is 194 Å². The summed E-state index contributed by atoms with van der Waals surface area (Å²) in [4.78, 5) is 49.1. The summed E-state index contributed by atoms with van der Waals surface area (Å²) in [6.45, 7) is 0. The lowest BCUT2D eigenvalue weighted by atomic mass is 9.97. The average molecular weight is 450 g/mol. The number of carbonyl (C=O) groups excluding carboxylic acids is 4. The Morgan fingerprint density at radius 1 is 0.941 bits per heavy atom. The van der Waals surface area contributed by atoms with Crippen LogP contribution in [0.5, 0.6) is 0 Å². The van der Waals surface area contributed by atoms with E-state index in [0.29, 0.717) is 40.0 Å². The van der Waals surface area contributed by atoms with E-state index in [9.17, 15) is 19.2 Å². The molecule has 0 saturated carbocycles. The van der Waals surface area contributed by atoms with Gasteiger partial charge in [0.2, 0.25) is 5.91 Å². The van der Waals surface area contributed by atoms with Crippen molar-refractivity contribution >= 4 is 35.3 Å². The van der Waals surface area contributed by atoms with Crippen molar-refractivity contribution in [1.82, 2.24) is 9.78 Å². The molecular weight excluding hydrogens is 432 g/mol. The highest BCUT2D eigenvalue weighted by atomic mass is 16.2. The van der Waals surface area contributed by atoms with E-state index in [4.69, 9.17) is 0 Å². The van der Waals surface area contributed by atoms with Gasteiger partial charge in [0, 0.05) is 22.5 Å². The van der Waals surface area contributed by atoms with Crippen LogP contribution >= 0.6 is 0 Å². The largest absolute Gasteiger partial charge is 0.325 e. The molecule has 166 valence electrons. The molecule has 0 aliphatic carbocycles. The number of benzene rings is 3. The summed E-state index contributed by atoms with van der Waals surface area (Å²) in [5, 5.41) is 9.67. The Hall–Kier alpha value is -4.85. The number of para-hydroxylation sites is 1. The van der Waals surface area contributed by atoms with Crippen molar-refractivity contribution in [1.29, 1.82) is 0 Å². The fraction of sp³-hybridized carbons (Fsp3) is 0.0385. The molecule has 1 aromatic heterocycles. The fourth-order valence-electron chi connectivity index (χ4n) is 3.91. The number of carbonyl (C=O) groups is 4. The Kier molecular flexibility index (Phi) is 5.31. The molecule has 0 saturated heterocycles. The lowest BCUT2D eigenvalue weighted by Crippen LogP contribution is -2.17. The highest BCUT2D eigenvalue weighted by molar-refractivity contribution is 6.14.